The monoisotopic (exact) mass is 519 g/mol. The fourth-order valence-corrected chi connectivity index (χ4v) is 5.15. The zero-order valence-corrected chi connectivity index (χ0v) is 20.7. The summed E-state index contributed by atoms with van der Waals surface area (Å²) >= 11 is 13.1. The number of amides is 2. The van der Waals surface area contributed by atoms with E-state index in [-0.39, 0.29) is 17.7 Å². The Kier molecular flexibility index (Phi) is 6.82. The second kappa shape index (κ2) is 10.2. The molecule has 1 saturated heterocycles. The van der Waals surface area contributed by atoms with Crippen LogP contribution < -0.4 is 4.74 Å². The highest BCUT2D eigenvalue weighted by atomic mass is 35.5. The van der Waals surface area contributed by atoms with E-state index < -0.39 is 0 Å². The Labute approximate surface area is 217 Å². The van der Waals surface area contributed by atoms with Crippen LogP contribution in [0.5, 0.6) is 5.75 Å². The molecule has 0 unspecified atom stereocenters. The number of nitrogens with zero attached hydrogens (tertiary/aromatic N) is 1. The van der Waals surface area contributed by atoms with Crippen LogP contribution in [0, 0.1) is 0 Å². The van der Waals surface area contributed by atoms with E-state index in [1.165, 1.54) is 4.90 Å². The summed E-state index contributed by atoms with van der Waals surface area (Å²) in [4.78, 5) is 27.3. The molecule has 1 heterocycles. The van der Waals surface area contributed by atoms with Crippen molar-refractivity contribution in [3.05, 3.63) is 117 Å². The van der Waals surface area contributed by atoms with Crippen molar-refractivity contribution in [1.82, 2.24) is 4.90 Å². The molecule has 4 nitrogen and oxygen atoms in total. The first-order valence-corrected chi connectivity index (χ1v) is 12.4. The molecule has 35 heavy (non-hydrogen) atoms. The maximum Gasteiger partial charge on any atom is 0.293 e. The van der Waals surface area contributed by atoms with Gasteiger partial charge in [-0.25, -0.2) is 0 Å². The number of ether oxygens (including phenoxy) is 1. The molecular weight excluding hydrogens is 501 g/mol. The van der Waals surface area contributed by atoms with Crippen LogP contribution in [0.3, 0.4) is 0 Å². The van der Waals surface area contributed by atoms with Gasteiger partial charge in [-0.05, 0) is 64.0 Å². The Bertz CT molecular complexity index is 1460. The summed E-state index contributed by atoms with van der Waals surface area (Å²) in [5.41, 5.74) is 2.58. The number of imide groups is 1. The maximum atomic E-state index is 13.0. The van der Waals surface area contributed by atoms with Crippen molar-refractivity contribution in [2.45, 2.75) is 13.2 Å². The van der Waals surface area contributed by atoms with E-state index in [0.717, 1.165) is 39.2 Å². The number of carbonyl (C=O) groups excluding carboxylic acids is 2. The molecule has 0 radical (unpaired) electrons. The Hall–Kier alpha value is -3.25. The van der Waals surface area contributed by atoms with Crippen LogP contribution in [0.25, 0.3) is 16.8 Å². The summed E-state index contributed by atoms with van der Waals surface area (Å²) < 4.78 is 5.81. The molecule has 5 rings (SSSR count). The van der Waals surface area contributed by atoms with Crippen LogP contribution in [0.1, 0.15) is 16.7 Å². The normalized spacial score (nSPS) is 14.8. The van der Waals surface area contributed by atoms with Crippen molar-refractivity contribution >= 4 is 63.0 Å². The van der Waals surface area contributed by atoms with E-state index in [1.54, 1.807) is 18.2 Å². The molecule has 0 aromatic heterocycles. The smallest absolute Gasteiger partial charge is 0.293 e. The summed E-state index contributed by atoms with van der Waals surface area (Å²) in [5, 5.41) is 2.97. The Morgan fingerprint density at radius 1 is 0.857 bits per heavy atom. The van der Waals surface area contributed by atoms with Crippen molar-refractivity contribution in [2.75, 3.05) is 0 Å². The average Bonchev–Trinajstić information content (AvgIpc) is 3.12. The minimum absolute atomic E-state index is 0.239. The van der Waals surface area contributed by atoms with Gasteiger partial charge in [0.05, 0.1) is 11.4 Å². The quantitative estimate of drug-likeness (QED) is 0.242. The van der Waals surface area contributed by atoms with Gasteiger partial charge in [-0.1, -0.05) is 83.9 Å². The molecule has 0 spiro atoms. The van der Waals surface area contributed by atoms with Crippen molar-refractivity contribution in [1.29, 1.82) is 0 Å². The first kappa shape index (κ1) is 23.5. The number of fused-ring (bicyclic) bond motifs is 1. The van der Waals surface area contributed by atoms with E-state index in [9.17, 15) is 9.59 Å². The lowest BCUT2D eigenvalue weighted by Gasteiger charge is -2.14. The van der Waals surface area contributed by atoms with Gasteiger partial charge in [0.15, 0.2) is 0 Å². The van der Waals surface area contributed by atoms with Gasteiger partial charge >= 0.3 is 0 Å². The van der Waals surface area contributed by atoms with Gasteiger partial charge in [0.25, 0.3) is 11.1 Å². The summed E-state index contributed by atoms with van der Waals surface area (Å²) in [6.45, 7) is 0.547. The van der Waals surface area contributed by atoms with Crippen LogP contribution in [-0.4, -0.2) is 16.0 Å². The lowest BCUT2D eigenvalue weighted by Crippen LogP contribution is -2.27. The molecule has 1 fully saturated rings. The molecule has 174 valence electrons. The molecule has 4 aromatic rings. The minimum Gasteiger partial charge on any atom is -0.489 e. The second-order valence-corrected chi connectivity index (χ2v) is 9.84. The summed E-state index contributed by atoms with van der Waals surface area (Å²) in [6.07, 6.45) is 1.73. The summed E-state index contributed by atoms with van der Waals surface area (Å²) in [5.74, 6) is 0.378. The molecule has 0 atom stereocenters. The Morgan fingerprint density at radius 2 is 1.63 bits per heavy atom. The van der Waals surface area contributed by atoms with Crippen molar-refractivity contribution in [3.8, 4) is 5.75 Å². The van der Waals surface area contributed by atoms with E-state index in [2.05, 4.69) is 0 Å². The maximum absolute atomic E-state index is 13.0. The fraction of sp³-hybridized carbons (Fsp3) is 0.0714. The largest absolute Gasteiger partial charge is 0.489 e. The molecule has 1 aliphatic heterocycles. The number of rotatable bonds is 6. The van der Waals surface area contributed by atoms with Crippen LogP contribution in [0.4, 0.5) is 4.79 Å². The van der Waals surface area contributed by atoms with Crippen molar-refractivity contribution < 1.29 is 14.3 Å². The predicted molar refractivity (Wildman–Crippen MR) is 143 cm³/mol. The summed E-state index contributed by atoms with van der Waals surface area (Å²) in [6, 6.07) is 26.4. The zero-order valence-electron chi connectivity index (χ0n) is 18.4. The van der Waals surface area contributed by atoms with Crippen LogP contribution in [0.15, 0.2) is 89.8 Å². The lowest BCUT2D eigenvalue weighted by molar-refractivity contribution is -0.123. The Balaban J connectivity index is 1.27. The van der Waals surface area contributed by atoms with Gasteiger partial charge in [0.2, 0.25) is 0 Å². The standard InChI is InChI=1S/C28H19Cl2NO3S/c29-22-11-10-21(25(30)15-22)17-34-23-12-8-18(9-13-23)14-26-27(32)31(28(33)35-26)16-20-6-3-5-19-4-1-2-7-24(19)20/h1-15H,16-17H2/b26-14+. The first-order chi connectivity index (χ1) is 17.0. The number of thioether (sulfide) groups is 1. The third-order valence-corrected chi connectivity index (χ3v) is 7.16. The van der Waals surface area contributed by atoms with Crippen LogP contribution in [-0.2, 0) is 17.9 Å². The number of halogens is 2. The van der Waals surface area contributed by atoms with Crippen LogP contribution >= 0.6 is 35.0 Å². The van der Waals surface area contributed by atoms with E-state index in [4.69, 9.17) is 27.9 Å². The predicted octanol–water partition coefficient (Wildman–Crippen LogP) is 7.96. The highest BCUT2D eigenvalue weighted by Gasteiger charge is 2.35. The lowest BCUT2D eigenvalue weighted by atomic mass is 10.0. The number of hydrogen-bond donors (Lipinski definition) is 0. The second-order valence-electron chi connectivity index (χ2n) is 8.00. The third kappa shape index (κ3) is 5.22. The van der Waals surface area contributed by atoms with E-state index in [0.29, 0.717) is 27.3 Å². The molecule has 0 aliphatic carbocycles. The Morgan fingerprint density at radius 3 is 2.43 bits per heavy atom. The van der Waals surface area contributed by atoms with Gasteiger partial charge in [0, 0.05) is 15.6 Å². The van der Waals surface area contributed by atoms with Crippen molar-refractivity contribution in [3.63, 3.8) is 0 Å². The fourth-order valence-electron chi connectivity index (χ4n) is 3.85. The molecule has 0 N–H and O–H groups in total. The number of carbonyl (C=O) groups is 2. The summed E-state index contributed by atoms with van der Waals surface area (Å²) in [7, 11) is 0. The van der Waals surface area contributed by atoms with Gasteiger partial charge in [-0.3, -0.25) is 14.5 Å². The molecule has 0 saturated carbocycles. The molecule has 2 amide bonds. The van der Waals surface area contributed by atoms with E-state index in [1.807, 2.05) is 72.8 Å². The number of benzene rings is 4. The van der Waals surface area contributed by atoms with Gasteiger partial charge < -0.3 is 4.74 Å². The van der Waals surface area contributed by atoms with Gasteiger partial charge in [0.1, 0.15) is 12.4 Å². The molecule has 0 bridgehead atoms. The number of hydrogen-bond acceptors (Lipinski definition) is 4. The average molecular weight is 520 g/mol. The van der Waals surface area contributed by atoms with Gasteiger partial charge in [-0.15, -0.1) is 0 Å². The van der Waals surface area contributed by atoms with Crippen molar-refractivity contribution in [2.24, 2.45) is 0 Å². The molecular formula is C28H19Cl2NO3S. The SMILES string of the molecule is O=C1S/C(=C/c2ccc(OCc3ccc(Cl)cc3Cl)cc2)C(=O)N1Cc1cccc2ccccc12. The zero-order chi connectivity index (χ0) is 24.4. The van der Waals surface area contributed by atoms with E-state index >= 15 is 0 Å². The molecule has 7 heteroatoms. The highest BCUT2D eigenvalue weighted by Crippen LogP contribution is 2.34. The van der Waals surface area contributed by atoms with Crippen LogP contribution in [0.2, 0.25) is 10.0 Å². The van der Waals surface area contributed by atoms with Gasteiger partial charge in [-0.2, -0.15) is 0 Å². The first-order valence-electron chi connectivity index (χ1n) is 10.9. The third-order valence-electron chi connectivity index (χ3n) is 5.67. The highest BCUT2D eigenvalue weighted by molar-refractivity contribution is 8.18. The molecule has 1 aliphatic rings. The minimum atomic E-state index is -0.286. The molecule has 4 aromatic carbocycles. The topological polar surface area (TPSA) is 46.6 Å².